The van der Waals surface area contributed by atoms with Gasteiger partial charge in [0.05, 0.1) is 23.1 Å². The van der Waals surface area contributed by atoms with Crippen molar-refractivity contribution in [3.8, 4) is 5.75 Å². The summed E-state index contributed by atoms with van der Waals surface area (Å²) in [6.45, 7) is 0.661. The molecule has 0 N–H and O–H groups in total. The van der Waals surface area contributed by atoms with Crippen LogP contribution in [0.25, 0.3) is 0 Å². The van der Waals surface area contributed by atoms with Gasteiger partial charge in [0, 0.05) is 36.5 Å². The molecule has 2 aromatic rings. The van der Waals surface area contributed by atoms with Crippen LogP contribution < -0.4 is 4.74 Å². The van der Waals surface area contributed by atoms with E-state index in [-0.39, 0.29) is 25.1 Å². The number of thioether (sulfide) groups is 1. The van der Waals surface area contributed by atoms with Crippen molar-refractivity contribution in [3.05, 3.63) is 64.7 Å². The summed E-state index contributed by atoms with van der Waals surface area (Å²) in [5.41, 5.74) is -3.29. The third-order valence-corrected chi connectivity index (χ3v) is 7.96. The fourth-order valence-corrected chi connectivity index (χ4v) is 6.00. The molecule has 2 aliphatic rings. The zero-order valence-electron chi connectivity index (χ0n) is 19.1. The average Bonchev–Trinajstić information content (AvgIpc) is 3.25. The van der Waals surface area contributed by atoms with Crippen LogP contribution in [0.1, 0.15) is 44.7 Å². The maximum absolute atomic E-state index is 13.3. The summed E-state index contributed by atoms with van der Waals surface area (Å²) in [4.78, 5) is 28.6. The number of carbonyl (C=O) groups is 2. The van der Waals surface area contributed by atoms with E-state index in [0.717, 1.165) is 0 Å². The molecule has 2 aromatic carbocycles. The first-order chi connectivity index (χ1) is 16.8. The molecular weight excluding hydrogens is 510 g/mol. The number of rotatable bonds is 3. The smallest absolute Gasteiger partial charge is 0.416 e. The third-order valence-electron chi connectivity index (χ3n) is 6.41. The molecule has 0 bridgehead atoms. The van der Waals surface area contributed by atoms with Crippen LogP contribution in [0.3, 0.4) is 0 Å². The Hall–Kier alpha value is -2.89. The van der Waals surface area contributed by atoms with Crippen LogP contribution in [0.4, 0.5) is 26.3 Å². The lowest BCUT2D eigenvalue weighted by atomic mass is 9.99. The molecule has 0 saturated carbocycles. The minimum Gasteiger partial charge on any atom is -0.497 e. The predicted octanol–water partition coefficient (Wildman–Crippen LogP) is 5.55. The van der Waals surface area contributed by atoms with E-state index in [9.17, 15) is 35.9 Å². The predicted molar refractivity (Wildman–Crippen MR) is 121 cm³/mol. The van der Waals surface area contributed by atoms with Crippen molar-refractivity contribution < 1.29 is 40.7 Å². The van der Waals surface area contributed by atoms with Crippen molar-refractivity contribution in [3.63, 3.8) is 0 Å². The van der Waals surface area contributed by atoms with Crippen LogP contribution in [-0.2, 0) is 12.4 Å². The second-order valence-corrected chi connectivity index (χ2v) is 10.0. The molecule has 2 saturated heterocycles. The average molecular weight is 533 g/mol. The van der Waals surface area contributed by atoms with Crippen LogP contribution in [0.15, 0.2) is 42.5 Å². The molecule has 0 unspecified atom stereocenters. The van der Waals surface area contributed by atoms with E-state index < -0.39 is 39.8 Å². The van der Waals surface area contributed by atoms with E-state index in [2.05, 4.69) is 0 Å². The van der Waals surface area contributed by atoms with E-state index in [0.29, 0.717) is 48.6 Å². The van der Waals surface area contributed by atoms with Crippen LogP contribution in [0.2, 0.25) is 0 Å². The Balaban J connectivity index is 1.53. The number of nitrogens with zero attached hydrogens (tertiary/aromatic N) is 2. The quantitative estimate of drug-likeness (QED) is 0.487. The maximum Gasteiger partial charge on any atom is 0.416 e. The highest BCUT2D eigenvalue weighted by atomic mass is 32.2. The molecule has 1 spiro atoms. The van der Waals surface area contributed by atoms with Crippen molar-refractivity contribution >= 4 is 23.6 Å². The first-order valence-electron chi connectivity index (χ1n) is 11.0. The van der Waals surface area contributed by atoms with Crippen LogP contribution in [-0.4, -0.2) is 59.0 Å². The summed E-state index contributed by atoms with van der Waals surface area (Å²) < 4.78 is 84.4. The summed E-state index contributed by atoms with van der Waals surface area (Å²) >= 11 is 1.57. The van der Waals surface area contributed by atoms with E-state index in [1.165, 1.54) is 12.0 Å². The van der Waals surface area contributed by atoms with Crippen LogP contribution in [0, 0.1) is 0 Å². The number of halogens is 6. The molecule has 194 valence electrons. The van der Waals surface area contributed by atoms with Crippen molar-refractivity contribution in [2.75, 3.05) is 32.5 Å². The molecule has 2 amide bonds. The normalized spacial score (nSPS) is 18.0. The number of hydrogen-bond donors (Lipinski definition) is 0. The van der Waals surface area contributed by atoms with E-state index in [4.69, 9.17) is 4.74 Å². The summed E-state index contributed by atoms with van der Waals surface area (Å²) in [6.07, 6.45) is -9.40. The number of alkyl halides is 6. The molecule has 0 aromatic heterocycles. The molecule has 0 aliphatic carbocycles. The van der Waals surface area contributed by atoms with E-state index in [1.54, 1.807) is 40.9 Å². The number of benzene rings is 2. The Morgan fingerprint density at radius 2 is 1.47 bits per heavy atom. The highest BCUT2D eigenvalue weighted by molar-refractivity contribution is 8.00. The molecule has 12 heteroatoms. The number of piperidine rings is 1. The number of carbonyl (C=O) groups excluding carboxylic acids is 2. The van der Waals surface area contributed by atoms with Crippen LogP contribution >= 0.6 is 11.8 Å². The van der Waals surface area contributed by atoms with Gasteiger partial charge in [-0.05, 0) is 49.2 Å². The van der Waals surface area contributed by atoms with Crippen molar-refractivity contribution in [2.24, 2.45) is 0 Å². The van der Waals surface area contributed by atoms with Gasteiger partial charge in [-0.15, -0.1) is 11.8 Å². The molecule has 0 radical (unpaired) electrons. The van der Waals surface area contributed by atoms with Gasteiger partial charge in [0.15, 0.2) is 0 Å². The second-order valence-electron chi connectivity index (χ2n) is 8.57. The van der Waals surface area contributed by atoms with Crippen molar-refractivity contribution in [1.82, 2.24) is 9.80 Å². The van der Waals surface area contributed by atoms with Gasteiger partial charge in [0.25, 0.3) is 11.8 Å². The van der Waals surface area contributed by atoms with Gasteiger partial charge in [-0.1, -0.05) is 6.07 Å². The highest BCUT2D eigenvalue weighted by Gasteiger charge is 2.47. The Bertz CT molecular complexity index is 1130. The first-order valence-corrected chi connectivity index (χ1v) is 12.0. The summed E-state index contributed by atoms with van der Waals surface area (Å²) in [5, 5.41) is 0. The van der Waals surface area contributed by atoms with Crippen LogP contribution in [0.5, 0.6) is 5.75 Å². The van der Waals surface area contributed by atoms with E-state index >= 15 is 0 Å². The lowest BCUT2D eigenvalue weighted by molar-refractivity contribution is -0.143. The van der Waals surface area contributed by atoms with Gasteiger partial charge in [-0.3, -0.25) is 9.59 Å². The Morgan fingerprint density at radius 1 is 0.861 bits per heavy atom. The lowest BCUT2D eigenvalue weighted by Gasteiger charge is -2.44. The first kappa shape index (κ1) is 26.2. The monoisotopic (exact) mass is 532 g/mol. The minimum atomic E-state index is -5.04. The summed E-state index contributed by atoms with van der Waals surface area (Å²) in [7, 11) is 1.49. The summed E-state index contributed by atoms with van der Waals surface area (Å²) in [5.74, 6) is 0.0923. The van der Waals surface area contributed by atoms with Gasteiger partial charge >= 0.3 is 12.4 Å². The van der Waals surface area contributed by atoms with E-state index in [1.807, 2.05) is 0 Å². The Morgan fingerprint density at radius 3 is 2.03 bits per heavy atom. The fourth-order valence-electron chi connectivity index (χ4n) is 4.54. The Kier molecular flexibility index (Phi) is 6.93. The molecule has 2 aliphatic heterocycles. The number of hydrogen-bond acceptors (Lipinski definition) is 4. The zero-order valence-corrected chi connectivity index (χ0v) is 19.9. The molecule has 2 fully saturated rings. The molecule has 36 heavy (non-hydrogen) atoms. The SMILES string of the molecule is COc1cccc(C(=O)N2CCSC23CCN(C(=O)c2cc(C(F)(F)F)cc(C(F)(F)F)c2)CC3)c1. The number of methoxy groups -OCH3 is 1. The summed E-state index contributed by atoms with van der Waals surface area (Å²) in [6, 6.07) is 7.62. The number of ether oxygens (including phenoxy) is 1. The highest BCUT2D eigenvalue weighted by Crippen LogP contribution is 2.45. The zero-order chi connectivity index (χ0) is 26.3. The van der Waals surface area contributed by atoms with Gasteiger partial charge in [-0.25, -0.2) is 0 Å². The molecule has 2 heterocycles. The van der Waals surface area contributed by atoms with Gasteiger partial charge in [-0.2, -0.15) is 26.3 Å². The molecule has 5 nitrogen and oxygen atoms in total. The number of likely N-dealkylation sites (tertiary alicyclic amines) is 1. The third kappa shape index (κ3) is 5.14. The van der Waals surface area contributed by atoms with Gasteiger partial charge < -0.3 is 14.5 Å². The lowest BCUT2D eigenvalue weighted by Crippen LogP contribution is -2.53. The fraction of sp³-hybridized carbons (Fsp3) is 0.417. The second kappa shape index (κ2) is 9.53. The topological polar surface area (TPSA) is 49.9 Å². The molecule has 0 atom stereocenters. The van der Waals surface area contributed by atoms with Crippen molar-refractivity contribution in [2.45, 2.75) is 30.1 Å². The standard InChI is InChI=1S/C24H22F6N2O3S/c1-35-19-4-2-3-15(13-19)21(34)32-9-10-36-22(32)5-7-31(8-6-22)20(33)16-11-17(23(25,26)27)14-18(12-16)24(28,29)30/h2-4,11-14H,5-10H2,1H3. The van der Waals surface area contributed by atoms with Gasteiger partial charge in [0.2, 0.25) is 0 Å². The van der Waals surface area contributed by atoms with Gasteiger partial charge in [0.1, 0.15) is 5.75 Å². The Labute approximate surface area is 207 Å². The molecular formula is C24H22F6N2O3S. The number of amides is 2. The molecule has 4 rings (SSSR count). The largest absolute Gasteiger partial charge is 0.497 e. The maximum atomic E-state index is 13.3. The van der Waals surface area contributed by atoms with Crippen molar-refractivity contribution in [1.29, 1.82) is 0 Å². The minimum absolute atomic E-state index is 0.000784.